The van der Waals surface area contributed by atoms with Crippen molar-refractivity contribution in [2.75, 3.05) is 20.3 Å². The molecule has 0 radical (unpaired) electrons. The smallest absolute Gasteiger partial charge is 0.166 e. The zero-order chi connectivity index (χ0) is 14.1. The zero-order valence-corrected chi connectivity index (χ0v) is 12.1. The summed E-state index contributed by atoms with van der Waals surface area (Å²) in [5.41, 5.74) is 1.08. The molecule has 0 heterocycles. The molecule has 1 unspecified atom stereocenters. The van der Waals surface area contributed by atoms with Gasteiger partial charge < -0.3 is 19.9 Å². The second-order valence-electron chi connectivity index (χ2n) is 4.54. The van der Waals surface area contributed by atoms with Gasteiger partial charge in [-0.3, -0.25) is 0 Å². The van der Waals surface area contributed by atoms with E-state index in [0.29, 0.717) is 6.54 Å². The van der Waals surface area contributed by atoms with Crippen LogP contribution in [-0.2, 0) is 6.54 Å². The maximum atomic E-state index is 8.77. The van der Waals surface area contributed by atoms with Crippen LogP contribution in [0.25, 0.3) is 0 Å². The molecular formula is C15H25NO3. The number of hydrogen-bond donors (Lipinski definition) is 2. The van der Waals surface area contributed by atoms with Crippen molar-refractivity contribution in [1.82, 2.24) is 5.32 Å². The minimum Gasteiger partial charge on any atom is -0.493 e. The molecule has 1 aromatic rings. The number of rotatable bonds is 9. The topological polar surface area (TPSA) is 50.7 Å². The first-order chi connectivity index (χ1) is 9.22. The molecule has 0 saturated carbocycles. The van der Waals surface area contributed by atoms with Gasteiger partial charge in [-0.15, -0.1) is 0 Å². The third kappa shape index (κ3) is 5.09. The molecule has 108 valence electrons. The summed E-state index contributed by atoms with van der Waals surface area (Å²) in [6, 6.07) is 5.91. The van der Waals surface area contributed by atoms with E-state index in [1.165, 1.54) is 0 Å². The molecule has 19 heavy (non-hydrogen) atoms. The number of ether oxygens (including phenoxy) is 2. The van der Waals surface area contributed by atoms with Crippen LogP contribution in [0.1, 0.15) is 32.3 Å². The molecule has 1 atom stereocenters. The van der Waals surface area contributed by atoms with Crippen molar-refractivity contribution in [1.29, 1.82) is 0 Å². The zero-order valence-electron chi connectivity index (χ0n) is 12.1. The number of aliphatic hydroxyl groups excluding tert-OH is 1. The van der Waals surface area contributed by atoms with Gasteiger partial charge in [0.15, 0.2) is 11.5 Å². The summed E-state index contributed by atoms with van der Waals surface area (Å²) in [6.45, 7) is 5.86. The summed E-state index contributed by atoms with van der Waals surface area (Å²) in [7, 11) is 1.65. The lowest BCUT2D eigenvalue weighted by atomic mass is 10.1. The van der Waals surface area contributed by atoms with Crippen LogP contribution in [0.5, 0.6) is 11.5 Å². The Kier molecular flexibility index (Phi) is 7.30. The van der Waals surface area contributed by atoms with E-state index in [2.05, 4.69) is 19.2 Å². The van der Waals surface area contributed by atoms with Crippen molar-refractivity contribution in [2.24, 2.45) is 0 Å². The van der Waals surface area contributed by atoms with Crippen LogP contribution in [0.4, 0.5) is 0 Å². The Morgan fingerprint density at radius 1 is 1.37 bits per heavy atom. The molecule has 0 saturated heterocycles. The molecule has 4 nitrogen and oxygen atoms in total. The third-order valence-corrected chi connectivity index (χ3v) is 3.00. The lowest BCUT2D eigenvalue weighted by molar-refractivity contribution is 0.205. The Bertz CT molecular complexity index is 368. The van der Waals surface area contributed by atoms with Gasteiger partial charge in [-0.05, 0) is 32.4 Å². The SMILES string of the molecule is CCC(C)Oc1c(CNCCCO)cccc1OC. The number of hydrogen-bond acceptors (Lipinski definition) is 4. The Morgan fingerprint density at radius 3 is 2.79 bits per heavy atom. The third-order valence-electron chi connectivity index (χ3n) is 3.00. The van der Waals surface area contributed by atoms with Crippen LogP contribution in [0.15, 0.2) is 18.2 Å². The van der Waals surface area contributed by atoms with Gasteiger partial charge in [0.2, 0.25) is 0 Å². The predicted molar refractivity (Wildman–Crippen MR) is 76.8 cm³/mol. The van der Waals surface area contributed by atoms with E-state index in [1.807, 2.05) is 18.2 Å². The monoisotopic (exact) mass is 267 g/mol. The van der Waals surface area contributed by atoms with Gasteiger partial charge >= 0.3 is 0 Å². The lowest BCUT2D eigenvalue weighted by Gasteiger charge is -2.19. The number of para-hydroxylation sites is 1. The minimum atomic E-state index is 0.160. The molecular weight excluding hydrogens is 242 g/mol. The largest absolute Gasteiger partial charge is 0.493 e. The van der Waals surface area contributed by atoms with Gasteiger partial charge in [0.05, 0.1) is 13.2 Å². The fourth-order valence-corrected chi connectivity index (χ4v) is 1.71. The van der Waals surface area contributed by atoms with Crippen LogP contribution in [0.3, 0.4) is 0 Å². The number of nitrogens with one attached hydrogen (secondary N) is 1. The molecule has 0 fully saturated rings. The van der Waals surface area contributed by atoms with Crippen LogP contribution in [0, 0.1) is 0 Å². The maximum Gasteiger partial charge on any atom is 0.166 e. The molecule has 0 aliphatic heterocycles. The minimum absolute atomic E-state index is 0.160. The molecule has 0 aliphatic carbocycles. The molecule has 2 N–H and O–H groups in total. The molecule has 0 spiro atoms. The molecule has 0 aliphatic rings. The van der Waals surface area contributed by atoms with E-state index in [1.54, 1.807) is 7.11 Å². The first kappa shape index (κ1) is 15.8. The fourth-order valence-electron chi connectivity index (χ4n) is 1.71. The molecule has 1 aromatic carbocycles. The second-order valence-corrected chi connectivity index (χ2v) is 4.54. The summed E-state index contributed by atoms with van der Waals surface area (Å²) in [5.74, 6) is 1.58. The van der Waals surface area contributed by atoms with E-state index in [9.17, 15) is 0 Å². The van der Waals surface area contributed by atoms with Gasteiger partial charge in [-0.2, -0.15) is 0 Å². The summed E-state index contributed by atoms with van der Waals surface area (Å²) in [5, 5.41) is 12.1. The molecule has 4 heteroatoms. The first-order valence-electron chi connectivity index (χ1n) is 6.87. The lowest BCUT2D eigenvalue weighted by Crippen LogP contribution is -2.18. The summed E-state index contributed by atoms with van der Waals surface area (Å²) in [4.78, 5) is 0. The number of methoxy groups -OCH3 is 1. The van der Waals surface area contributed by atoms with E-state index in [-0.39, 0.29) is 12.7 Å². The highest BCUT2D eigenvalue weighted by molar-refractivity contribution is 5.46. The van der Waals surface area contributed by atoms with E-state index in [4.69, 9.17) is 14.6 Å². The normalized spacial score (nSPS) is 12.2. The Labute approximate surface area is 115 Å². The molecule has 0 aromatic heterocycles. The standard InChI is InChI=1S/C15H25NO3/c1-4-12(2)19-15-13(11-16-9-6-10-17)7-5-8-14(15)18-3/h5,7-8,12,16-17H,4,6,9-11H2,1-3H3. The van der Waals surface area contributed by atoms with Crippen LogP contribution in [-0.4, -0.2) is 31.5 Å². The number of benzene rings is 1. The predicted octanol–water partition coefficient (Wildman–Crippen LogP) is 2.34. The molecule has 0 bridgehead atoms. The van der Waals surface area contributed by atoms with Gasteiger partial charge in [0.1, 0.15) is 0 Å². The highest BCUT2D eigenvalue weighted by atomic mass is 16.5. The van der Waals surface area contributed by atoms with Crippen molar-refractivity contribution in [3.63, 3.8) is 0 Å². The average molecular weight is 267 g/mol. The molecule has 0 amide bonds. The highest BCUT2D eigenvalue weighted by Gasteiger charge is 2.12. The van der Waals surface area contributed by atoms with Gasteiger partial charge in [0.25, 0.3) is 0 Å². The van der Waals surface area contributed by atoms with Crippen LogP contribution in [0.2, 0.25) is 0 Å². The van der Waals surface area contributed by atoms with Crippen LogP contribution < -0.4 is 14.8 Å². The maximum absolute atomic E-state index is 8.77. The van der Waals surface area contributed by atoms with E-state index < -0.39 is 0 Å². The quantitative estimate of drug-likeness (QED) is 0.674. The summed E-state index contributed by atoms with van der Waals surface area (Å²) < 4.78 is 11.3. The fraction of sp³-hybridized carbons (Fsp3) is 0.600. The summed E-state index contributed by atoms with van der Waals surface area (Å²) >= 11 is 0. The van der Waals surface area contributed by atoms with Crippen molar-refractivity contribution >= 4 is 0 Å². The highest BCUT2D eigenvalue weighted by Crippen LogP contribution is 2.32. The Morgan fingerprint density at radius 2 is 2.16 bits per heavy atom. The van der Waals surface area contributed by atoms with Crippen molar-refractivity contribution < 1.29 is 14.6 Å². The number of aliphatic hydroxyl groups is 1. The second kappa shape index (κ2) is 8.77. The van der Waals surface area contributed by atoms with Gasteiger partial charge in [-0.1, -0.05) is 19.1 Å². The molecule has 1 rings (SSSR count). The van der Waals surface area contributed by atoms with E-state index >= 15 is 0 Å². The Hall–Kier alpha value is -1.26. The van der Waals surface area contributed by atoms with Crippen molar-refractivity contribution in [3.05, 3.63) is 23.8 Å². The van der Waals surface area contributed by atoms with Crippen LogP contribution >= 0.6 is 0 Å². The van der Waals surface area contributed by atoms with Crippen molar-refractivity contribution in [2.45, 2.75) is 39.3 Å². The average Bonchev–Trinajstić information content (AvgIpc) is 2.44. The van der Waals surface area contributed by atoms with Gasteiger partial charge in [-0.25, -0.2) is 0 Å². The Balaban J connectivity index is 2.77. The first-order valence-corrected chi connectivity index (χ1v) is 6.87. The van der Waals surface area contributed by atoms with Gasteiger partial charge in [0, 0.05) is 18.7 Å². The summed E-state index contributed by atoms with van der Waals surface area (Å²) in [6.07, 6.45) is 1.87. The van der Waals surface area contributed by atoms with E-state index in [0.717, 1.165) is 36.4 Å². The van der Waals surface area contributed by atoms with Crippen molar-refractivity contribution in [3.8, 4) is 11.5 Å².